The van der Waals surface area contributed by atoms with Gasteiger partial charge in [-0.1, -0.05) is 12.1 Å². The number of rotatable bonds is 3. The second-order valence-corrected chi connectivity index (χ2v) is 3.56. The second kappa shape index (κ2) is 4.99. The van der Waals surface area contributed by atoms with E-state index >= 15 is 0 Å². The van der Waals surface area contributed by atoms with E-state index in [1.165, 1.54) is 24.3 Å². The lowest BCUT2D eigenvalue weighted by molar-refractivity contribution is 0.587. The summed E-state index contributed by atoms with van der Waals surface area (Å²) in [7, 11) is 0. The topological polar surface area (TPSA) is 50.9 Å². The Morgan fingerprint density at radius 2 is 1.94 bits per heavy atom. The molecule has 1 aromatic carbocycles. The maximum atomic E-state index is 13.1. The van der Waals surface area contributed by atoms with E-state index in [2.05, 4.69) is 10.4 Å². The molecule has 0 amide bonds. The van der Waals surface area contributed by atoms with Crippen molar-refractivity contribution in [3.63, 3.8) is 0 Å². The van der Waals surface area contributed by atoms with E-state index in [4.69, 9.17) is 5.84 Å². The summed E-state index contributed by atoms with van der Waals surface area (Å²) in [5, 5.41) is 0. The number of hydrogen-bond acceptors (Lipinski definition) is 3. The molecule has 0 saturated carbocycles. The predicted molar refractivity (Wildman–Crippen MR) is 59.8 cm³/mol. The van der Waals surface area contributed by atoms with Gasteiger partial charge < -0.3 is 0 Å². The molecule has 0 saturated heterocycles. The van der Waals surface area contributed by atoms with Crippen molar-refractivity contribution in [2.45, 2.75) is 6.04 Å². The van der Waals surface area contributed by atoms with Crippen LogP contribution in [0.3, 0.4) is 0 Å². The third-order valence-electron chi connectivity index (χ3n) is 2.39. The van der Waals surface area contributed by atoms with Crippen molar-refractivity contribution in [1.29, 1.82) is 0 Å². The summed E-state index contributed by atoms with van der Waals surface area (Å²) in [5.74, 6) is 4.64. The number of halogens is 2. The van der Waals surface area contributed by atoms with Crippen LogP contribution in [-0.2, 0) is 0 Å². The number of benzene rings is 1. The minimum absolute atomic E-state index is 0.357. The van der Waals surface area contributed by atoms with Gasteiger partial charge in [0.15, 0.2) is 0 Å². The minimum atomic E-state index is -0.466. The number of nitrogens with one attached hydrogen (secondary N) is 1. The van der Waals surface area contributed by atoms with Gasteiger partial charge in [0.2, 0.25) is 0 Å². The molecule has 0 aliphatic carbocycles. The van der Waals surface area contributed by atoms with Crippen LogP contribution < -0.4 is 11.3 Å². The van der Waals surface area contributed by atoms with Gasteiger partial charge >= 0.3 is 0 Å². The Hall–Kier alpha value is -1.85. The summed E-state index contributed by atoms with van der Waals surface area (Å²) in [4.78, 5) is 3.92. The van der Waals surface area contributed by atoms with Crippen LogP contribution >= 0.6 is 0 Å². The van der Waals surface area contributed by atoms with E-state index in [1.54, 1.807) is 12.1 Å². The molecule has 0 radical (unpaired) electrons. The number of pyridine rings is 1. The average molecular weight is 235 g/mol. The molecule has 1 atom stereocenters. The molecular formula is C12H11F2N3. The van der Waals surface area contributed by atoms with Crippen LogP contribution in [0.2, 0.25) is 0 Å². The fraction of sp³-hybridized carbons (Fsp3) is 0.0833. The van der Waals surface area contributed by atoms with E-state index in [9.17, 15) is 8.78 Å². The van der Waals surface area contributed by atoms with Gasteiger partial charge in [-0.05, 0) is 29.8 Å². The molecular weight excluding hydrogens is 224 g/mol. The van der Waals surface area contributed by atoms with Crippen LogP contribution in [0.4, 0.5) is 8.78 Å². The first-order valence-corrected chi connectivity index (χ1v) is 5.04. The van der Waals surface area contributed by atoms with Gasteiger partial charge in [0.05, 0.1) is 17.9 Å². The number of nitrogens with two attached hydrogens (primary N) is 1. The smallest absolute Gasteiger partial charge is 0.141 e. The molecule has 2 aromatic rings. The Kier molecular flexibility index (Phi) is 3.41. The number of aromatic nitrogens is 1. The Morgan fingerprint density at radius 1 is 1.12 bits per heavy atom. The molecule has 5 heteroatoms. The summed E-state index contributed by atoms with van der Waals surface area (Å²) >= 11 is 0. The molecule has 17 heavy (non-hydrogen) atoms. The van der Waals surface area contributed by atoms with Crippen molar-refractivity contribution in [2.24, 2.45) is 5.84 Å². The molecule has 3 N–H and O–H groups in total. The summed E-state index contributed by atoms with van der Waals surface area (Å²) in [6, 6.07) is 8.32. The normalized spacial score (nSPS) is 12.4. The fourth-order valence-corrected chi connectivity index (χ4v) is 1.60. The fourth-order valence-electron chi connectivity index (χ4n) is 1.60. The van der Waals surface area contributed by atoms with Gasteiger partial charge in [0.25, 0.3) is 0 Å². The first-order chi connectivity index (χ1) is 8.20. The van der Waals surface area contributed by atoms with Crippen molar-refractivity contribution >= 4 is 0 Å². The number of hydrazine groups is 1. The van der Waals surface area contributed by atoms with Gasteiger partial charge in [0.1, 0.15) is 11.6 Å². The van der Waals surface area contributed by atoms with Crippen LogP contribution in [0.25, 0.3) is 0 Å². The second-order valence-electron chi connectivity index (χ2n) is 3.56. The van der Waals surface area contributed by atoms with Crippen LogP contribution in [0.1, 0.15) is 17.3 Å². The molecule has 3 nitrogen and oxygen atoms in total. The lowest BCUT2D eigenvalue weighted by atomic mass is 10.0. The number of nitrogens with zero attached hydrogens (tertiary/aromatic N) is 1. The summed E-state index contributed by atoms with van der Waals surface area (Å²) in [6.45, 7) is 0. The molecule has 1 heterocycles. The maximum Gasteiger partial charge on any atom is 0.141 e. The third kappa shape index (κ3) is 2.64. The molecule has 0 bridgehead atoms. The van der Waals surface area contributed by atoms with Gasteiger partial charge in [-0.2, -0.15) is 0 Å². The molecule has 0 aliphatic heterocycles. The largest absolute Gasteiger partial charge is 0.271 e. The molecule has 1 aromatic heterocycles. The van der Waals surface area contributed by atoms with Crippen molar-refractivity contribution < 1.29 is 8.78 Å². The van der Waals surface area contributed by atoms with Gasteiger partial charge in [-0.3, -0.25) is 10.8 Å². The third-order valence-corrected chi connectivity index (χ3v) is 2.39. The highest BCUT2D eigenvalue weighted by Gasteiger charge is 2.14. The monoisotopic (exact) mass is 235 g/mol. The molecule has 0 spiro atoms. The highest BCUT2D eigenvalue weighted by Crippen LogP contribution is 2.20. The van der Waals surface area contributed by atoms with Crippen molar-refractivity contribution in [2.75, 3.05) is 0 Å². The first-order valence-electron chi connectivity index (χ1n) is 5.04. The Morgan fingerprint density at radius 3 is 2.53 bits per heavy atom. The van der Waals surface area contributed by atoms with E-state index < -0.39 is 11.9 Å². The summed E-state index contributed by atoms with van der Waals surface area (Å²) < 4.78 is 25.8. The van der Waals surface area contributed by atoms with Gasteiger partial charge in [-0.25, -0.2) is 14.2 Å². The SMILES string of the molecule is NNC(c1cccc(F)c1)c1ccc(F)cn1. The highest BCUT2D eigenvalue weighted by atomic mass is 19.1. The van der Waals surface area contributed by atoms with E-state index in [-0.39, 0.29) is 5.82 Å². The molecule has 2 rings (SSSR count). The predicted octanol–water partition coefficient (Wildman–Crippen LogP) is 1.91. The van der Waals surface area contributed by atoms with Crippen LogP contribution in [0.15, 0.2) is 42.6 Å². The minimum Gasteiger partial charge on any atom is -0.271 e. The van der Waals surface area contributed by atoms with Gasteiger partial charge in [0, 0.05) is 0 Å². The Bertz CT molecular complexity index is 499. The zero-order chi connectivity index (χ0) is 12.3. The van der Waals surface area contributed by atoms with E-state index in [0.717, 1.165) is 6.20 Å². The standard InChI is InChI=1S/C12H11F2N3/c13-9-3-1-2-8(6-9)12(17-15)11-5-4-10(14)7-16-11/h1-7,12,17H,15H2. The molecule has 0 aliphatic rings. The molecule has 1 unspecified atom stereocenters. The highest BCUT2D eigenvalue weighted by molar-refractivity contribution is 5.27. The summed E-state index contributed by atoms with van der Waals surface area (Å²) in [6.07, 6.45) is 1.10. The zero-order valence-electron chi connectivity index (χ0n) is 8.90. The van der Waals surface area contributed by atoms with Gasteiger partial charge in [-0.15, -0.1) is 0 Å². The lowest BCUT2D eigenvalue weighted by Crippen LogP contribution is -2.29. The Labute approximate surface area is 97.3 Å². The van der Waals surface area contributed by atoms with Crippen molar-refractivity contribution in [3.05, 3.63) is 65.5 Å². The van der Waals surface area contributed by atoms with Crippen LogP contribution in [-0.4, -0.2) is 4.98 Å². The van der Waals surface area contributed by atoms with Crippen LogP contribution in [0.5, 0.6) is 0 Å². The quantitative estimate of drug-likeness (QED) is 0.631. The molecule has 0 fully saturated rings. The number of hydrogen-bond donors (Lipinski definition) is 2. The maximum absolute atomic E-state index is 13.1. The van der Waals surface area contributed by atoms with Crippen molar-refractivity contribution in [3.8, 4) is 0 Å². The van der Waals surface area contributed by atoms with E-state index in [1.807, 2.05) is 0 Å². The average Bonchev–Trinajstić information content (AvgIpc) is 2.33. The zero-order valence-corrected chi connectivity index (χ0v) is 8.90. The molecule has 88 valence electrons. The van der Waals surface area contributed by atoms with Crippen LogP contribution in [0, 0.1) is 11.6 Å². The Balaban J connectivity index is 2.36. The lowest BCUT2D eigenvalue weighted by Gasteiger charge is -2.15. The first kappa shape index (κ1) is 11.6. The van der Waals surface area contributed by atoms with Crippen molar-refractivity contribution in [1.82, 2.24) is 10.4 Å². The summed E-state index contributed by atoms with van der Waals surface area (Å²) in [5.41, 5.74) is 3.69. The van der Waals surface area contributed by atoms with E-state index in [0.29, 0.717) is 11.3 Å².